The highest BCUT2D eigenvalue weighted by Crippen LogP contribution is 2.22. The zero-order valence-electron chi connectivity index (χ0n) is 14.6. The van der Waals surface area contributed by atoms with Crippen molar-refractivity contribution in [1.29, 1.82) is 0 Å². The van der Waals surface area contributed by atoms with Crippen LogP contribution in [0.2, 0.25) is 0 Å². The second-order valence-corrected chi connectivity index (χ2v) is 8.07. The van der Waals surface area contributed by atoms with Gasteiger partial charge in [-0.05, 0) is 55.3 Å². The van der Waals surface area contributed by atoms with Crippen molar-refractivity contribution < 1.29 is 17.3 Å². The van der Waals surface area contributed by atoms with Crippen molar-refractivity contribution in [2.45, 2.75) is 25.3 Å². The van der Waals surface area contributed by atoms with Gasteiger partial charge in [0.2, 0.25) is 11.7 Å². The summed E-state index contributed by atoms with van der Waals surface area (Å²) in [5.41, 5.74) is 2.48. The van der Waals surface area contributed by atoms with Crippen LogP contribution in [0.25, 0.3) is 11.4 Å². The first kappa shape index (κ1) is 18.1. The quantitative estimate of drug-likeness (QED) is 0.735. The largest absolute Gasteiger partial charge is 0.376 e. The van der Waals surface area contributed by atoms with Crippen molar-refractivity contribution in [1.82, 2.24) is 10.1 Å². The molecule has 1 aromatic heterocycles. The average molecular weight is 375 g/mol. The van der Waals surface area contributed by atoms with Gasteiger partial charge in [0, 0.05) is 17.5 Å². The Labute approximate surface area is 151 Å². The van der Waals surface area contributed by atoms with Crippen molar-refractivity contribution in [3.05, 3.63) is 59.2 Å². The fraction of sp³-hybridized carbons (Fsp3) is 0.222. The van der Waals surface area contributed by atoms with Crippen molar-refractivity contribution in [3.63, 3.8) is 0 Å². The molecule has 0 radical (unpaired) electrons. The fourth-order valence-electron chi connectivity index (χ4n) is 2.51. The number of aromatic nitrogens is 2. The van der Waals surface area contributed by atoms with Gasteiger partial charge in [-0.25, -0.2) is 12.8 Å². The van der Waals surface area contributed by atoms with Crippen molar-refractivity contribution >= 4 is 15.5 Å². The molecule has 0 spiro atoms. The van der Waals surface area contributed by atoms with Crippen LogP contribution >= 0.6 is 0 Å². The summed E-state index contributed by atoms with van der Waals surface area (Å²) in [5.74, 6) is 0.411. The molecule has 1 heterocycles. The highest BCUT2D eigenvalue weighted by Gasteiger charge is 2.13. The molecule has 136 valence electrons. The first-order valence-electron chi connectivity index (χ1n) is 7.88. The number of hydrogen-bond donors (Lipinski definition) is 1. The number of benzene rings is 2. The molecule has 3 rings (SSSR count). The van der Waals surface area contributed by atoms with E-state index in [0.29, 0.717) is 34.1 Å². The van der Waals surface area contributed by atoms with Crippen LogP contribution < -0.4 is 5.32 Å². The van der Waals surface area contributed by atoms with E-state index in [4.69, 9.17) is 4.52 Å². The molecule has 0 unspecified atom stereocenters. The molecule has 0 saturated carbocycles. The maximum Gasteiger partial charge on any atom is 0.246 e. The third-order valence-corrected chi connectivity index (χ3v) is 5.15. The zero-order chi connectivity index (χ0) is 18.9. The minimum absolute atomic E-state index is 0.236. The molecule has 0 aliphatic heterocycles. The maximum atomic E-state index is 13.4. The number of nitrogens with one attached hydrogen (secondary N) is 1. The summed E-state index contributed by atoms with van der Waals surface area (Å²) in [6.07, 6.45) is 1.17. The fourth-order valence-corrected chi connectivity index (χ4v) is 3.51. The number of rotatable bonds is 5. The molecule has 0 atom stereocenters. The topological polar surface area (TPSA) is 85.1 Å². The Hall–Kier alpha value is -2.74. The summed E-state index contributed by atoms with van der Waals surface area (Å²) >= 11 is 0. The predicted octanol–water partition coefficient (Wildman–Crippen LogP) is 3.51. The minimum atomic E-state index is -3.30. The molecule has 0 fully saturated rings. The van der Waals surface area contributed by atoms with E-state index in [1.165, 1.54) is 12.3 Å². The van der Waals surface area contributed by atoms with Gasteiger partial charge in [-0.15, -0.1) is 0 Å². The summed E-state index contributed by atoms with van der Waals surface area (Å²) in [6.45, 7) is 3.65. The van der Waals surface area contributed by atoms with Gasteiger partial charge >= 0.3 is 0 Å². The van der Waals surface area contributed by atoms with Crippen LogP contribution in [-0.4, -0.2) is 24.8 Å². The molecule has 1 N–H and O–H groups in total. The van der Waals surface area contributed by atoms with Crippen LogP contribution in [0.4, 0.5) is 10.1 Å². The minimum Gasteiger partial charge on any atom is -0.376 e. The molecule has 26 heavy (non-hydrogen) atoms. The molecular formula is C18H18FN3O3S. The van der Waals surface area contributed by atoms with E-state index in [2.05, 4.69) is 15.5 Å². The molecule has 0 amide bonds. The monoisotopic (exact) mass is 375 g/mol. The van der Waals surface area contributed by atoms with Gasteiger partial charge in [0.15, 0.2) is 9.84 Å². The highest BCUT2D eigenvalue weighted by atomic mass is 32.2. The van der Waals surface area contributed by atoms with Crippen LogP contribution in [0.3, 0.4) is 0 Å². The first-order chi connectivity index (χ1) is 12.2. The number of aryl methyl sites for hydroxylation is 2. The first-order valence-corrected chi connectivity index (χ1v) is 9.77. The highest BCUT2D eigenvalue weighted by molar-refractivity contribution is 7.90. The van der Waals surface area contributed by atoms with E-state index in [-0.39, 0.29) is 17.3 Å². The average Bonchev–Trinajstić information content (AvgIpc) is 3.04. The Kier molecular flexibility index (Phi) is 4.78. The molecular weight excluding hydrogens is 357 g/mol. The lowest BCUT2D eigenvalue weighted by Crippen LogP contribution is -2.04. The van der Waals surface area contributed by atoms with E-state index < -0.39 is 9.84 Å². The van der Waals surface area contributed by atoms with E-state index in [1.807, 2.05) is 0 Å². The van der Waals surface area contributed by atoms with Gasteiger partial charge in [-0.3, -0.25) is 0 Å². The van der Waals surface area contributed by atoms with Gasteiger partial charge in [-0.1, -0.05) is 11.2 Å². The Bertz CT molecular complexity index is 1060. The van der Waals surface area contributed by atoms with Crippen molar-refractivity contribution in [3.8, 4) is 11.4 Å². The van der Waals surface area contributed by atoms with Crippen LogP contribution in [0.1, 0.15) is 17.0 Å². The van der Waals surface area contributed by atoms with Gasteiger partial charge < -0.3 is 9.84 Å². The summed E-state index contributed by atoms with van der Waals surface area (Å²) in [6, 6.07) is 9.69. The lowest BCUT2D eigenvalue weighted by atomic mass is 10.1. The summed E-state index contributed by atoms with van der Waals surface area (Å²) < 4.78 is 42.1. The number of sulfone groups is 1. The molecule has 3 aromatic rings. The van der Waals surface area contributed by atoms with E-state index in [1.54, 1.807) is 44.2 Å². The van der Waals surface area contributed by atoms with Crippen LogP contribution in [-0.2, 0) is 16.4 Å². The summed E-state index contributed by atoms with van der Waals surface area (Å²) in [7, 11) is -3.30. The molecule has 8 heteroatoms. The van der Waals surface area contributed by atoms with Crippen LogP contribution in [0.15, 0.2) is 45.8 Å². The molecule has 6 nitrogen and oxygen atoms in total. The number of nitrogens with zero attached hydrogens (tertiary/aromatic N) is 2. The standard InChI is InChI=1S/C18H18FN3O3S/c1-11-4-6-14(9-16(11)26(3,23)24)20-10-17-21-18(22-25-17)13-5-7-15(19)12(2)8-13/h4-9,20H,10H2,1-3H3. The van der Waals surface area contributed by atoms with Crippen LogP contribution in [0, 0.1) is 19.7 Å². The third-order valence-electron chi connectivity index (χ3n) is 3.92. The summed E-state index contributed by atoms with van der Waals surface area (Å²) in [5, 5.41) is 6.96. The second kappa shape index (κ2) is 6.87. The van der Waals surface area contributed by atoms with E-state index in [0.717, 1.165) is 0 Å². The second-order valence-electron chi connectivity index (χ2n) is 6.08. The van der Waals surface area contributed by atoms with Crippen LogP contribution in [0.5, 0.6) is 0 Å². The lowest BCUT2D eigenvalue weighted by Gasteiger charge is -2.08. The van der Waals surface area contributed by atoms with Gasteiger partial charge in [0.25, 0.3) is 0 Å². The zero-order valence-corrected chi connectivity index (χ0v) is 15.4. The Balaban J connectivity index is 1.75. The normalized spacial score (nSPS) is 11.5. The van der Waals surface area contributed by atoms with Crippen molar-refractivity contribution in [2.75, 3.05) is 11.6 Å². The smallest absolute Gasteiger partial charge is 0.246 e. The maximum absolute atomic E-state index is 13.4. The third kappa shape index (κ3) is 3.91. The predicted molar refractivity (Wildman–Crippen MR) is 96.0 cm³/mol. The number of anilines is 1. The molecule has 0 aliphatic carbocycles. The lowest BCUT2D eigenvalue weighted by molar-refractivity contribution is 0.384. The van der Waals surface area contributed by atoms with E-state index in [9.17, 15) is 12.8 Å². The molecule has 0 aliphatic rings. The number of halogens is 1. The Morgan fingerprint density at radius 1 is 1.12 bits per heavy atom. The molecule has 0 bridgehead atoms. The number of hydrogen-bond acceptors (Lipinski definition) is 6. The van der Waals surface area contributed by atoms with Crippen molar-refractivity contribution in [2.24, 2.45) is 0 Å². The Morgan fingerprint density at radius 3 is 2.58 bits per heavy atom. The van der Waals surface area contributed by atoms with Gasteiger partial charge in [0.1, 0.15) is 5.82 Å². The molecule has 2 aromatic carbocycles. The summed E-state index contributed by atoms with van der Waals surface area (Å²) in [4.78, 5) is 4.55. The van der Waals surface area contributed by atoms with E-state index >= 15 is 0 Å². The SMILES string of the molecule is Cc1cc(-c2noc(CNc3ccc(C)c(S(C)(=O)=O)c3)n2)ccc1F. The Morgan fingerprint density at radius 2 is 1.88 bits per heavy atom. The van der Waals surface area contributed by atoms with Gasteiger partial charge in [0.05, 0.1) is 11.4 Å². The molecule has 0 saturated heterocycles. The van der Waals surface area contributed by atoms with Gasteiger partial charge in [-0.2, -0.15) is 4.98 Å².